The van der Waals surface area contributed by atoms with E-state index < -0.39 is 0 Å². The largest absolute Gasteiger partial charge is 0.474 e. The van der Waals surface area contributed by atoms with E-state index in [0.717, 1.165) is 37.3 Å². The molecule has 2 aromatic heterocycles. The van der Waals surface area contributed by atoms with Crippen molar-refractivity contribution in [2.24, 2.45) is 0 Å². The number of hydrogen-bond donors (Lipinski definition) is 2. The average molecular weight is 417 g/mol. The molecule has 0 spiro atoms. The van der Waals surface area contributed by atoms with Gasteiger partial charge in [-0.3, -0.25) is 0 Å². The molecule has 3 N–H and O–H groups in total. The fraction of sp³-hybridized carbons (Fsp3) is 0.550. The lowest BCUT2D eigenvalue weighted by Gasteiger charge is -2.46. The van der Waals surface area contributed by atoms with Gasteiger partial charge in [-0.2, -0.15) is 0 Å². The Morgan fingerprint density at radius 1 is 1.10 bits per heavy atom. The number of halogens is 1. The van der Waals surface area contributed by atoms with Crippen molar-refractivity contribution in [1.82, 2.24) is 15.2 Å². The van der Waals surface area contributed by atoms with Crippen LogP contribution >= 0.6 is 11.6 Å². The molecule has 0 amide bonds. The Kier molecular flexibility index (Phi) is 4.83. The molecule has 0 radical (unpaired) electrons. The van der Waals surface area contributed by atoms with E-state index >= 15 is 0 Å². The van der Waals surface area contributed by atoms with Gasteiger partial charge in [0, 0.05) is 62.0 Å². The minimum absolute atomic E-state index is 0.0655. The number of hydrogen-bond acceptors (Lipinski definition) is 8. The van der Waals surface area contributed by atoms with Crippen LogP contribution in [-0.4, -0.2) is 57.7 Å². The maximum absolute atomic E-state index is 9.47. The van der Waals surface area contributed by atoms with Gasteiger partial charge in [0.15, 0.2) is 11.0 Å². The minimum Gasteiger partial charge on any atom is -0.474 e. The molecule has 3 saturated heterocycles. The molecule has 4 fully saturated rings. The van der Waals surface area contributed by atoms with E-state index in [1.165, 1.54) is 6.42 Å². The fourth-order valence-corrected chi connectivity index (χ4v) is 4.83. The topological polar surface area (TPSA) is 101 Å². The van der Waals surface area contributed by atoms with Crippen molar-refractivity contribution in [2.75, 3.05) is 28.6 Å². The first kappa shape index (κ1) is 18.7. The summed E-state index contributed by atoms with van der Waals surface area (Å²) in [5.41, 5.74) is 8.12. The predicted molar refractivity (Wildman–Crippen MR) is 111 cm³/mol. The summed E-state index contributed by atoms with van der Waals surface area (Å²) in [6.45, 7) is 1.76. The number of aliphatic hydroxyl groups excluding tert-OH is 1. The first-order chi connectivity index (χ1) is 14.1. The second-order valence-corrected chi connectivity index (χ2v) is 8.59. The Morgan fingerprint density at radius 2 is 1.86 bits per heavy atom. The Balaban J connectivity index is 1.36. The SMILES string of the molecule is Nc1nnc(Cl)cc1N1CC2CCCC1CN2c1ccnc(OC2CC(O)C2)c1. The van der Waals surface area contributed by atoms with Gasteiger partial charge in [-0.25, -0.2) is 4.98 Å². The van der Waals surface area contributed by atoms with Gasteiger partial charge in [0.25, 0.3) is 0 Å². The van der Waals surface area contributed by atoms with Crippen LogP contribution in [0.2, 0.25) is 5.15 Å². The van der Waals surface area contributed by atoms with E-state index in [4.69, 9.17) is 22.1 Å². The number of nitrogen functional groups attached to an aromatic ring is 1. The highest BCUT2D eigenvalue weighted by Gasteiger charge is 2.38. The zero-order valence-electron chi connectivity index (χ0n) is 16.1. The number of pyridine rings is 1. The highest BCUT2D eigenvalue weighted by molar-refractivity contribution is 6.29. The number of fused-ring (bicyclic) bond motifs is 4. The summed E-state index contributed by atoms with van der Waals surface area (Å²) in [4.78, 5) is 9.17. The molecule has 2 unspecified atom stereocenters. The Bertz CT molecular complexity index is 893. The maximum atomic E-state index is 9.47. The van der Waals surface area contributed by atoms with Crippen molar-refractivity contribution in [3.05, 3.63) is 29.5 Å². The van der Waals surface area contributed by atoms with Crippen LogP contribution in [-0.2, 0) is 0 Å². The van der Waals surface area contributed by atoms with Crippen molar-refractivity contribution in [3.63, 3.8) is 0 Å². The molecule has 9 heteroatoms. The lowest BCUT2D eigenvalue weighted by molar-refractivity contribution is -0.0128. The van der Waals surface area contributed by atoms with Gasteiger partial charge in [0.1, 0.15) is 6.10 Å². The van der Waals surface area contributed by atoms with Gasteiger partial charge in [-0.05, 0) is 25.3 Å². The Labute approximate surface area is 174 Å². The molecule has 1 aliphatic carbocycles. The minimum atomic E-state index is -0.237. The quantitative estimate of drug-likeness (QED) is 0.782. The Morgan fingerprint density at radius 3 is 2.66 bits per heavy atom. The zero-order valence-corrected chi connectivity index (χ0v) is 16.9. The molecule has 0 aromatic carbocycles. The third-order valence-electron chi connectivity index (χ3n) is 6.26. The van der Waals surface area contributed by atoms with Crippen LogP contribution in [0.25, 0.3) is 0 Å². The van der Waals surface area contributed by atoms with E-state index in [1.54, 1.807) is 6.20 Å². The molecular formula is C20H25ClN6O2. The van der Waals surface area contributed by atoms with Crippen LogP contribution in [0, 0.1) is 0 Å². The lowest BCUT2D eigenvalue weighted by atomic mass is 9.92. The van der Waals surface area contributed by atoms with E-state index in [-0.39, 0.29) is 12.2 Å². The standard InChI is InChI=1S/C20H25ClN6O2/c21-18-9-17(20(22)25-24-18)27-11-13-2-1-3-14(27)10-26(13)12-4-5-23-19(6-12)29-16-7-15(28)8-16/h4-6,9,13-16,28H,1-3,7-8,10-11H2,(H2,22,25). The molecule has 2 bridgehead atoms. The van der Waals surface area contributed by atoms with E-state index in [2.05, 4.69) is 25.0 Å². The van der Waals surface area contributed by atoms with Gasteiger partial charge < -0.3 is 25.4 Å². The Hall–Kier alpha value is -2.32. The third kappa shape index (κ3) is 3.67. The third-order valence-corrected chi connectivity index (χ3v) is 6.44. The molecule has 1 saturated carbocycles. The summed E-state index contributed by atoms with van der Waals surface area (Å²) in [5.74, 6) is 1.06. The van der Waals surface area contributed by atoms with Crippen LogP contribution in [0.4, 0.5) is 17.2 Å². The highest BCUT2D eigenvalue weighted by atomic mass is 35.5. The molecule has 4 aliphatic rings. The smallest absolute Gasteiger partial charge is 0.215 e. The number of anilines is 3. The number of nitrogens with zero attached hydrogens (tertiary/aromatic N) is 5. The van der Waals surface area contributed by atoms with Crippen molar-refractivity contribution in [2.45, 2.75) is 56.4 Å². The molecule has 5 heterocycles. The molecule has 2 aromatic rings. The van der Waals surface area contributed by atoms with Crippen LogP contribution in [0.15, 0.2) is 24.4 Å². The molecule has 2 atom stereocenters. The average Bonchev–Trinajstić information content (AvgIpc) is 3.02. The fourth-order valence-electron chi connectivity index (χ4n) is 4.69. The normalized spacial score (nSPS) is 28.8. The monoisotopic (exact) mass is 416 g/mol. The van der Waals surface area contributed by atoms with E-state index in [1.807, 2.05) is 18.2 Å². The number of nitrogens with two attached hydrogens (primary N) is 1. The van der Waals surface area contributed by atoms with Crippen LogP contribution in [0.1, 0.15) is 32.1 Å². The summed E-state index contributed by atoms with van der Waals surface area (Å²) < 4.78 is 5.93. The van der Waals surface area contributed by atoms with E-state index in [9.17, 15) is 5.11 Å². The highest BCUT2D eigenvalue weighted by Crippen LogP contribution is 2.37. The number of aromatic nitrogens is 3. The summed E-state index contributed by atoms with van der Waals surface area (Å²) in [7, 11) is 0. The van der Waals surface area contributed by atoms with Crippen molar-refractivity contribution >= 4 is 28.8 Å². The predicted octanol–water partition coefficient (Wildman–Crippen LogP) is 2.26. The van der Waals surface area contributed by atoms with Gasteiger partial charge >= 0.3 is 0 Å². The number of piperazine rings is 1. The van der Waals surface area contributed by atoms with E-state index in [0.29, 0.717) is 41.8 Å². The molecular weight excluding hydrogens is 392 g/mol. The molecule has 8 nitrogen and oxygen atoms in total. The van der Waals surface area contributed by atoms with Crippen LogP contribution < -0.4 is 20.3 Å². The summed E-state index contributed by atoms with van der Waals surface area (Å²) in [6, 6.07) is 6.58. The first-order valence-corrected chi connectivity index (χ1v) is 10.6. The van der Waals surface area contributed by atoms with Gasteiger partial charge in [0.2, 0.25) is 5.88 Å². The van der Waals surface area contributed by atoms with Crippen LogP contribution in [0.5, 0.6) is 5.88 Å². The van der Waals surface area contributed by atoms with Crippen molar-refractivity contribution in [3.8, 4) is 5.88 Å². The lowest BCUT2D eigenvalue weighted by Crippen LogP contribution is -2.57. The summed E-state index contributed by atoms with van der Waals surface area (Å²) in [5, 5.41) is 17.7. The van der Waals surface area contributed by atoms with Crippen molar-refractivity contribution in [1.29, 1.82) is 0 Å². The van der Waals surface area contributed by atoms with Gasteiger partial charge in [-0.15, -0.1) is 10.2 Å². The molecule has 6 rings (SSSR count). The molecule has 154 valence electrons. The summed E-state index contributed by atoms with van der Waals surface area (Å²) >= 11 is 6.09. The second kappa shape index (κ2) is 7.50. The summed E-state index contributed by atoms with van der Waals surface area (Å²) in [6.07, 6.45) is 6.38. The second-order valence-electron chi connectivity index (χ2n) is 8.20. The molecule has 3 aliphatic heterocycles. The van der Waals surface area contributed by atoms with Crippen molar-refractivity contribution < 1.29 is 9.84 Å². The zero-order chi connectivity index (χ0) is 20.0. The van der Waals surface area contributed by atoms with Gasteiger partial charge in [-0.1, -0.05) is 11.6 Å². The maximum Gasteiger partial charge on any atom is 0.215 e. The first-order valence-electron chi connectivity index (χ1n) is 10.2. The number of ether oxygens (including phenoxy) is 1. The number of rotatable bonds is 4. The molecule has 29 heavy (non-hydrogen) atoms. The van der Waals surface area contributed by atoms with Gasteiger partial charge in [0.05, 0.1) is 11.8 Å². The van der Waals surface area contributed by atoms with Crippen LogP contribution in [0.3, 0.4) is 0 Å². The number of aliphatic hydroxyl groups is 1.